The van der Waals surface area contributed by atoms with E-state index in [2.05, 4.69) is 24.3 Å². The molecule has 0 aliphatic carbocycles. The summed E-state index contributed by atoms with van der Waals surface area (Å²) in [5.41, 5.74) is 2.83. The smallest absolute Gasteiger partial charge is 0.363 e. The fourth-order valence-corrected chi connectivity index (χ4v) is 5.41. The molecule has 1 aromatic carbocycles. The molecule has 5 heterocycles. The lowest BCUT2D eigenvalue weighted by molar-refractivity contribution is -0.389. The SMILES string of the molecule is O=c1ccn2c3c(cccc13)OC(N(Cc1ccncc1)C1CCCN(c3ccc([N+](=O)[O-])nc3)C1)C2. The third kappa shape index (κ3) is 4.51. The van der Waals surface area contributed by atoms with Crippen LogP contribution in [0.4, 0.5) is 11.5 Å². The first-order valence-corrected chi connectivity index (χ1v) is 12.4. The number of piperidine rings is 1. The van der Waals surface area contributed by atoms with Gasteiger partial charge in [0.05, 0.1) is 17.7 Å². The first kappa shape index (κ1) is 23.1. The molecule has 0 spiro atoms. The number of anilines is 1. The summed E-state index contributed by atoms with van der Waals surface area (Å²) in [6, 6.07) is 14.7. The first-order valence-electron chi connectivity index (χ1n) is 12.4. The van der Waals surface area contributed by atoms with Gasteiger partial charge < -0.3 is 24.3 Å². The van der Waals surface area contributed by atoms with Gasteiger partial charge in [-0.2, -0.15) is 0 Å². The van der Waals surface area contributed by atoms with E-state index in [0.29, 0.717) is 24.2 Å². The molecule has 4 aromatic rings. The molecule has 10 nitrogen and oxygen atoms in total. The molecule has 10 heteroatoms. The van der Waals surface area contributed by atoms with Crippen molar-refractivity contribution in [1.29, 1.82) is 0 Å². The Hall–Kier alpha value is -4.31. The highest BCUT2D eigenvalue weighted by atomic mass is 16.6. The summed E-state index contributed by atoms with van der Waals surface area (Å²) >= 11 is 0. The summed E-state index contributed by atoms with van der Waals surface area (Å²) in [5, 5.41) is 11.7. The van der Waals surface area contributed by atoms with Crippen LogP contribution in [-0.4, -0.2) is 49.7 Å². The van der Waals surface area contributed by atoms with E-state index in [1.165, 1.54) is 6.07 Å². The first-order chi connectivity index (χ1) is 18.1. The van der Waals surface area contributed by atoms with Crippen LogP contribution >= 0.6 is 0 Å². The average molecular weight is 499 g/mol. The summed E-state index contributed by atoms with van der Waals surface area (Å²) in [4.78, 5) is 35.8. The zero-order valence-electron chi connectivity index (χ0n) is 20.1. The number of rotatable bonds is 6. The molecule has 6 rings (SSSR count). The van der Waals surface area contributed by atoms with E-state index in [0.717, 1.165) is 42.7 Å². The number of para-hydroxylation sites is 1. The number of nitrogens with zero attached hydrogens (tertiary/aromatic N) is 6. The van der Waals surface area contributed by atoms with Crippen molar-refractivity contribution in [3.63, 3.8) is 0 Å². The monoisotopic (exact) mass is 498 g/mol. The van der Waals surface area contributed by atoms with Gasteiger partial charge in [-0.25, -0.2) is 0 Å². The Balaban J connectivity index is 1.31. The number of benzene rings is 1. The van der Waals surface area contributed by atoms with Crippen molar-refractivity contribution in [3.8, 4) is 5.75 Å². The van der Waals surface area contributed by atoms with Crippen LogP contribution in [0, 0.1) is 10.1 Å². The molecule has 1 fully saturated rings. The standard InChI is InChI=1S/C27H26N6O4/c34-23-10-14-31-18-26(37-24-5-1-4-22(23)27(24)31)32(16-19-8-11-28-12-9-19)21-3-2-13-30(17-21)20-6-7-25(29-15-20)33(35)36/h1,4-12,14-15,21,26H,2-3,13,16-18H2. The van der Waals surface area contributed by atoms with Gasteiger partial charge in [-0.15, -0.1) is 0 Å². The largest absolute Gasteiger partial charge is 0.471 e. The number of aromatic nitrogens is 3. The van der Waals surface area contributed by atoms with Crippen molar-refractivity contribution in [2.45, 2.75) is 38.2 Å². The molecular weight excluding hydrogens is 472 g/mol. The van der Waals surface area contributed by atoms with E-state index in [1.807, 2.05) is 36.5 Å². The van der Waals surface area contributed by atoms with Crippen molar-refractivity contribution in [2.75, 3.05) is 18.0 Å². The van der Waals surface area contributed by atoms with Gasteiger partial charge in [0, 0.05) is 61.8 Å². The Morgan fingerprint density at radius 2 is 1.97 bits per heavy atom. The second kappa shape index (κ2) is 9.62. The maximum Gasteiger partial charge on any atom is 0.363 e. The van der Waals surface area contributed by atoms with Crippen molar-refractivity contribution in [1.82, 2.24) is 19.4 Å². The Morgan fingerprint density at radius 3 is 2.76 bits per heavy atom. The molecular formula is C27H26N6O4. The second-order valence-electron chi connectivity index (χ2n) is 9.46. The number of nitro groups is 1. The van der Waals surface area contributed by atoms with Crippen molar-refractivity contribution in [3.05, 3.63) is 99.2 Å². The Morgan fingerprint density at radius 1 is 1.11 bits per heavy atom. The van der Waals surface area contributed by atoms with Crippen LogP contribution in [0.15, 0.2) is 78.1 Å². The maximum absolute atomic E-state index is 12.4. The second-order valence-corrected chi connectivity index (χ2v) is 9.46. The van der Waals surface area contributed by atoms with Gasteiger partial charge >= 0.3 is 5.82 Å². The predicted molar refractivity (Wildman–Crippen MR) is 139 cm³/mol. The van der Waals surface area contributed by atoms with Gasteiger partial charge in [-0.05, 0) is 58.6 Å². The summed E-state index contributed by atoms with van der Waals surface area (Å²) in [5.74, 6) is 0.553. The van der Waals surface area contributed by atoms with Crippen LogP contribution in [0.2, 0.25) is 0 Å². The Bertz CT molecular complexity index is 1480. The van der Waals surface area contributed by atoms with E-state index >= 15 is 0 Å². The van der Waals surface area contributed by atoms with Crippen LogP contribution in [0.25, 0.3) is 10.9 Å². The summed E-state index contributed by atoms with van der Waals surface area (Å²) in [7, 11) is 0. The van der Waals surface area contributed by atoms with Gasteiger partial charge in [0.2, 0.25) is 0 Å². The quantitative estimate of drug-likeness (QED) is 0.293. The molecule has 2 aliphatic rings. The number of hydrogen-bond donors (Lipinski definition) is 0. The highest BCUT2D eigenvalue weighted by molar-refractivity contribution is 5.85. The predicted octanol–water partition coefficient (Wildman–Crippen LogP) is 3.59. The molecule has 2 aliphatic heterocycles. The fraction of sp³-hybridized carbons (Fsp3) is 0.296. The lowest BCUT2D eigenvalue weighted by Gasteiger charge is -2.44. The van der Waals surface area contributed by atoms with Gasteiger partial charge in [-0.3, -0.25) is 14.7 Å². The average Bonchev–Trinajstić information content (AvgIpc) is 2.94. The Labute approximate surface area is 212 Å². The third-order valence-corrected chi connectivity index (χ3v) is 7.21. The van der Waals surface area contributed by atoms with E-state index < -0.39 is 4.92 Å². The molecule has 188 valence electrons. The van der Waals surface area contributed by atoms with Gasteiger partial charge in [0.1, 0.15) is 5.75 Å². The highest BCUT2D eigenvalue weighted by Gasteiger charge is 2.34. The van der Waals surface area contributed by atoms with Crippen LogP contribution in [0.5, 0.6) is 5.75 Å². The van der Waals surface area contributed by atoms with E-state index in [4.69, 9.17) is 4.74 Å². The van der Waals surface area contributed by atoms with Crippen molar-refractivity contribution >= 4 is 22.4 Å². The molecule has 2 atom stereocenters. The molecule has 0 amide bonds. The minimum Gasteiger partial charge on any atom is -0.471 e. The molecule has 0 saturated carbocycles. The molecule has 0 N–H and O–H groups in total. The van der Waals surface area contributed by atoms with Crippen molar-refractivity contribution < 1.29 is 9.66 Å². The Kier molecular flexibility index (Phi) is 6.01. The van der Waals surface area contributed by atoms with Crippen LogP contribution in [0.1, 0.15) is 18.4 Å². The fourth-order valence-electron chi connectivity index (χ4n) is 5.41. The van der Waals surface area contributed by atoms with E-state index in [9.17, 15) is 14.9 Å². The normalized spacial score (nSPS) is 19.1. The molecule has 2 unspecified atom stereocenters. The summed E-state index contributed by atoms with van der Waals surface area (Å²) < 4.78 is 8.69. The molecule has 0 radical (unpaired) electrons. The lowest BCUT2D eigenvalue weighted by atomic mass is 10.0. The minimum absolute atomic E-state index is 0.0107. The highest BCUT2D eigenvalue weighted by Crippen LogP contribution is 2.33. The lowest BCUT2D eigenvalue weighted by Crippen LogP contribution is -2.55. The van der Waals surface area contributed by atoms with Gasteiger partial charge in [0.25, 0.3) is 0 Å². The zero-order chi connectivity index (χ0) is 25.4. The zero-order valence-corrected chi connectivity index (χ0v) is 20.1. The topological polar surface area (TPSA) is 107 Å². The molecule has 1 saturated heterocycles. The minimum atomic E-state index is -0.481. The maximum atomic E-state index is 12.4. The van der Waals surface area contributed by atoms with E-state index in [-0.39, 0.29) is 23.5 Å². The molecule has 37 heavy (non-hydrogen) atoms. The number of hydrogen-bond acceptors (Lipinski definition) is 8. The van der Waals surface area contributed by atoms with Crippen LogP contribution in [-0.2, 0) is 13.1 Å². The van der Waals surface area contributed by atoms with Crippen LogP contribution < -0.4 is 15.1 Å². The number of ether oxygens (including phenoxy) is 1. The third-order valence-electron chi connectivity index (χ3n) is 7.21. The summed E-state index contributed by atoms with van der Waals surface area (Å²) in [6.07, 6.45) is 8.75. The van der Waals surface area contributed by atoms with Gasteiger partial charge in [-0.1, -0.05) is 6.07 Å². The van der Waals surface area contributed by atoms with Crippen LogP contribution in [0.3, 0.4) is 0 Å². The molecule has 3 aromatic heterocycles. The van der Waals surface area contributed by atoms with Crippen molar-refractivity contribution in [2.24, 2.45) is 0 Å². The summed E-state index contributed by atoms with van der Waals surface area (Å²) in [6.45, 7) is 2.86. The molecule has 0 bridgehead atoms. The van der Waals surface area contributed by atoms with Gasteiger partial charge in [0.15, 0.2) is 17.9 Å². The number of pyridine rings is 3. The van der Waals surface area contributed by atoms with E-state index in [1.54, 1.807) is 30.7 Å².